The van der Waals surface area contributed by atoms with Gasteiger partial charge in [-0.05, 0) is 40.5 Å². The second kappa shape index (κ2) is 6.60. The molecule has 4 nitrogen and oxygen atoms in total. The highest BCUT2D eigenvalue weighted by atomic mass is 79.9. The molecule has 0 saturated heterocycles. The van der Waals surface area contributed by atoms with Crippen LogP contribution in [0.1, 0.15) is 20.9 Å². The van der Waals surface area contributed by atoms with Crippen molar-refractivity contribution in [1.82, 2.24) is 4.98 Å². The minimum atomic E-state index is -0.918. The molecule has 2 aromatic rings. The summed E-state index contributed by atoms with van der Waals surface area (Å²) in [6.45, 7) is 1.72. The number of rotatable bonds is 5. The van der Waals surface area contributed by atoms with Crippen molar-refractivity contribution in [3.8, 4) is 5.75 Å². The van der Waals surface area contributed by atoms with E-state index in [-0.39, 0.29) is 0 Å². The summed E-state index contributed by atoms with van der Waals surface area (Å²) in [6, 6.07) is 5.87. The Hall–Kier alpha value is -1.05. The molecule has 106 valence electrons. The van der Waals surface area contributed by atoms with Crippen molar-refractivity contribution in [1.29, 1.82) is 0 Å². The zero-order valence-corrected chi connectivity index (χ0v) is 14.1. The van der Waals surface area contributed by atoms with Crippen LogP contribution in [0.2, 0.25) is 0 Å². The summed E-state index contributed by atoms with van der Waals surface area (Å²) in [6.07, 6.45) is 0. The number of hydrogen-bond acceptors (Lipinski definition) is 5. The zero-order chi connectivity index (χ0) is 14.7. The average Bonchev–Trinajstić information content (AvgIpc) is 2.78. The topological polar surface area (TPSA) is 59.4 Å². The maximum absolute atomic E-state index is 11.0. The maximum Gasteiger partial charge on any atom is 0.347 e. The largest absolute Gasteiger partial charge is 0.496 e. The third-order valence-corrected chi connectivity index (χ3v) is 5.53. The number of aromatic carboxylic acids is 1. The van der Waals surface area contributed by atoms with Crippen molar-refractivity contribution in [2.45, 2.75) is 17.0 Å². The number of aromatic nitrogens is 1. The number of benzene rings is 1. The Morgan fingerprint density at radius 3 is 2.85 bits per heavy atom. The zero-order valence-electron chi connectivity index (χ0n) is 10.8. The van der Waals surface area contributed by atoms with Gasteiger partial charge in [0.05, 0.1) is 17.3 Å². The molecule has 2 rings (SSSR count). The van der Waals surface area contributed by atoms with Crippen LogP contribution < -0.4 is 4.74 Å². The van der Waals surface area contributed by atoms with E-state index in [0.29, 0.717) is 10.6 Å². The molecule has 7 heteroatoms. The molecular formula is C13H12BrNO3S2. The molecule has 1 N–H and O–H groups in total. The van der Waals surface area contributed by atoms with Gasteiger partial charge in [-0.1, -0.05) is 17.8 Å². The molecule has 0 aliphatic rings. The predicted octanol–water partition coefficient (Wildman–Crippen LogP) is 4.21. The number of hydrogen-bond donors (Lipinski definition) is 1. The number of aryl methyl sites for hydroxylation is 1. The van der Waals surface area contributed by atoms with E-state index in [2.05, 4.69) is 20.9 Å². The smallest absolute Gasteiger partial charge is 0.347 e. The number of thioether (sulfide) groups is 1. The fourth-order valence-electron chi connectivity index (χ4n) is 1.58. The quantitative estimate of drug-likeness (QED) is 0.795. The summed E-state index contributed by atoms with van der Waals surface area (Å²) < 4.78 is 6.85. The summed E-state index contributed by atoms with van der Waals surface area (Å²) in [5.41, 5.74) is 1.69. The lowest BCUT2D eigenvalue weighted by atomic mass is 10.2. The van der Waals surface area contributed by atoms with E-state index in [1.54, 1.807) is 14.0 Å². The number of carboxylic acid groups (broad SMARTS) is 1. The van der Waals surface area contributed by atoms with Crippen LogP contribution in [0.5, 0.6) is 5.75 Å². The molecule has 0 radical (unpaired) electrons. The highest BCUT2D eigenvalue weighted by molar-refractivity contribution is 9.10. The second-order valence-corrected chi connectivity index (χ2v) is 7.03. The van der Waals surface area contributed by atoms with Gasteiger partial charge >= 0.3 is 5.97 Å². The van der Waals surface area contributed by atoms with Crippen LogP contribution in [-0.4, -0.2) is 23.2 Å². The van der Waals surface area contributed by atoms with Crippen molar-refractivity contribution in [2.75, 3.05) is 7.11 Å². The first-order chi connectivity index (χ1) is 9.51. The van der Waals surface area contributed by atoms with Gasteiger partial charge in [-0.2, -0.15) is 0 Å². The lowest BCUT2D eigenvalue weighted by Gasteiger charge is -2.05. The summed E-state index contributed by atoms with van der Waals surface area (Å²) in [5.74, 6) is 0.602. The Labute approximate surface area is 133 Å². The number of carboxylic acids is 1. The third kappa shape index (κ3) is 3.53. The average molecular weight is 374 g/mol. The molecule has 0 atom stereocenters. The van der Waals surface area contributed by atoms with Crippen molar-refractivity contribution < 1.29 is 14.6 Å². The summed E-state index contributed by atoms with van der Waals surface area (Å²) >= 11 is 6.19. The monoisotopic (exact) mass is 373 g/mol. The van der Waals surface area contributed by atoms with E-state index in [1.807, 2.05) is 18.2 Å². The van der Waals surface area contributed by atoms with Gasteiger partial charge in [-0.25, -0.2) is 9.78 Å². The minimum Gasteiger partial charge on any atom is -0.496 e. The lowest BCUT2D eigenvalue weighted by Crippen LogP contribution is -1.94. The van der Waals surface area contributed by atoms with Gasteiger partial charge in [0.2, 0.25) is 0 Å². The molecule has 0 saturated carbocycles. The Morgan fingerprint density at radius 1 is 1.55 bits per heavy atom. The van der Waals surface area contributed by atoms with Crippen molar-refractivity contribution in [2.24, 2.45) is 0 Å². The predicted molar refractivity (Wildman–Crippen MR) is 84.1 cm³/mol. The third-order valence-electron chi connectivity index (χ3n) is 2.55. The molecule has 0 bridgehead atoms. The first-order valence-electron chi connectivity index (χ1n) is 5.67. The number of halogens is 1. The first kappa shape index (κ1) is 15.3. The fourth-order valence-corrected chi connectivity index (χ4v) is 4.14. The molecule has 20 heavy (non-hydrogen) atoms. The maximum atomic E-state index is 11.0. The van der Waals surface area contributed by atoms with Gasteiger partial charge in [0.15, 0.2) is 4.34 Å². The van der Waals surface area contributed by atoms with Gasteiger partial charge in [0, 0.05) is 5.75 Å². The van der Waals surface area contributed by atoms with E-state index in [0.717, 1.165) is 25.9 Å². The molecule has 1 aromatic heterocycles. The highest BCUT2D eigenvalue weighted by Crippen LogP contribution is 2.32. The second-order valence-electron chi connectivity index (χ2n) is 3.96. The Kier molecular flexibility index (Phi) is 5.06. The van der Waals surface area contributed by atoms with Gasteiger partial charge in [0.25, 0.3) is 0 Å². The number of nitrogens with zero attached hydrogens (tertiary/aromatic N) is 1. The summed E-state index contributed by atoms with van der Waals surface area (Å²) in [4.78, 5) is 15.5. The van der Waals surface area contributed by atoms with Crippen LogP contribution in [0.15, 0.2) is 27.0 Å². The van der Waals surface area contributed by atoms with Gasteiger partial charge in [0.1, 0.15) is 10.6 Å². The molecular weight excluding hydrogens is 362 g/mol. The van der Waals surface area contributed by atoms with E-state index >= 15 is 0 Å². The SMILES string of the molecule is COc1ccc(CSc2nc(C)c(C(=O)O)s2)cc1Br. The summed E-state index contributed by atoms with van der Waals surface area (Å²) in [7, 11) is 1.63. The van der Waals surface area contributed by atoms with Gasteiger partial charge in [-0.3, -0.25) is 0 Å². The number of ether oxygens (including phenoxy) is 1. The lowest BCUT2D eigenvalue weighted by molar-refractivity contribution is 0.0701. The molecule has 0 aliphatic heterocycles. The van der Waals surface area contributed by atoms with Crippen LogP contribution in [-0.2, 0) is 5.75 Å². The first-order valence-corrected chi connectivity index (χ1v) is 8.26. The van der Waals surface area contributed by atoms with E-state index < -0.39 is 5.97 Å². The number of methoxy groups -OCH3 is 1. The van der Waals surface area contributed by atoms with E-state index in [4.69, 9.17) is 9.84 Å². The molecule has 0 aliphatic carbocycles. The number of thiazole rings is 1. The Morgan fingerprint density at radius 2 is 2.30 bits per heavy atom. The van der Waals surface area contributed by atoms with Crippen molar-refractivity contribution >= 4 is 45.0 Å². The summed E-state index contributed by atoms with van der Waals surface area (Å²) in [5, 5.41) is 9.00. The molecule has 0 amide bonds. The normalized spacial score (nSPS) is 10.6. The standard InChI is InChI=1S/C13H12BrNO3S2/c1-7-11(12(16)17)20-13(15-7)19-6-8-3-4-10(18-2)9(14)5-8/h3-5H,6H2,1-2H3,(H,16,17). The van der Waals surface area contributed by atoms with Crippen LogP contribution >= 0.6 is 39.0 Å². The van der Waals surface area contributed by atoms with Crippen LogP contribution in [0, 0.1) is 6.92 Å². The molecule has 1 heterocycles. The molecule has 1 aromatic carbocycles. The highest BCUT2D eigenvalue weighted by Gasteiger charge is 2.14. The minimum absolute atomic E-state index is 0.309. The van der Waals surface area contributed by atoms with Crippen LogP contribution in [0.4, 0.5) is 0 Å². The fraction of sp³-hybridized carbons (Fsp3) is 0.231. The Balaban J connectivity index is 2.07. The van der Waals surface area contributed by atoms with Crippen molar-refractivity contribution in [3.05, 3.63) is 38.8 Å². The van der Waals surface area contributed by atoms with Gasteiger partial charge in [-0.15, -0.1) is 11.3 Å². The van der Waals surface area contributed by atoms with E-state index in [9.17, 15) is 4.79 Å². The number of carbonyl (C=O) groups is 1. The van der Waals surface area contributed by atoms with Crippen LogP contribution in [0.3, 0.4) is 0 Å². The molecule has 0 fully saturated rings. The van der Waals surface area contributed by atoms with Crippen molar-refractivity contribution in [3.63, 3.8) is 0 Å². The van der Waals surface area contributed by atoms with E-state index in [1.165, 1.54) is 23.1 Å². The van der Waals surface area contributed by atoms with Gasteiger partial charge < -0.3 is 9.84 Å². The van der Waals surface area contributed by atoms with Crippen LogP contribution in [0.25, 0.3) is 0 Å². The molecule has 0 spiro atoms. The Bertz CT molecular complexity index is 643. The molecule has 0 unspecified atom stereocenters.